The minimum atomic E-state index is 0.824. The minimum Gasteiger partial charge on any atom is -0.368 e. The quantitative estimate of drug-likeness (QED) is 0.376. The molecule has 0 fully saturated rings. The van der Waals surface area contributed by atoms with Crippen molar-refractivity contribution in [3.63, 3.8) is 0 Å². The summed E-state index contributed by atoms with van der Waals surface area (Å²) in [5.74, 6) is 0.824. The first-order valence-corrected chi connectivity index (χ1v) is 8.83. The summed E-state index contributed by atoms with van der Waals surface area (Å²) in [4.78, 5) is 2.86. The molecular weight excluding hydrogens is 290 g/mol. The van der Waals surface area contributed by atoms with E-state index in [0.717, 1.165) is 5.92 Å². The van der Waals surface area contributed by atoms with E-state index in [1.165, 1.54) is 40.8 Å². The first-order valence-electron chi connectivity index (χ1n) is 8.83. The lowest BCUT2D eigenvalue weighted by molar-refractivity contribution is 0.504. The third kappa shape index (κ3) is 2.82. The Hall–Kier alpha value is -2.54. The Labute approximate surface area is 143 Å². The van der Waals surface area contributed by atoms with Gasteiger partial charge in [0, 0.05) is 12.4 Å². The van der Waals surface area contributed by atoms with Crippen LogP contribution in [0.15, 0.2) is 73.1 Å². The second-order valence-corrected chi connectivity index (χ2v) is 6.82. The minimum absolute atomic E-state index is 0.824. The molecule has 0 spiro atoms. The van der Waals surface area contributed by atoms with Gasteiger partial charge in [-0.15, -0.1) is 0 Å². The summed E-state index contributed by atoms with van der Waals surface area (Å²) < 4.78 is 0. The molecule has 1 nitrogen and oxygen atoms in total. The highest BCUT2D eigenvalue weighted by Crippen LogP contribution is 2.34. The molecule has 1 unspecified atom stereocenters. The molecule has 5 rings (SSSR count). The van der Waals surface area contributed by atoms with E-state index in [9.17, 15) is 0 Å². The standard InChI is InChI=1S/C19H18.C4H5N/c1-13-6-7-15-9-10-17-16-5-3-2-4-14(16)8-11-18(17)19(15)12-13;1-2-4-5-3-1/h2-5,8-11,13H,6-7,12H2,1H3;1-5H. The predicted molar refractivity (Wildman–Crippen MR) is 103 cm³/mol. The Morgan fingerprint density at radius 1 is 0.792 bits per heavy atom. The highest BCUT2D eigenvalue weighted by Gasteiger charge is 2.17. The molecule has 0 saturated heterocycles. The van der Waals surface area contributed by atoms with E-state index in [0.29, 0.717) is 0 Å². The van der Waals surface area contributed by atoms with Crippen molar-refractivity contribution in [2.45, 2.75) is 26.2 Å². The highest BCUT2D eigenvalue weighted by atomic mass is 14.6. The van der Waals surface area contributed by atoms with E-state index in [4.69, 9.17) is 0 Å². The van der Waals surface area contributed by atoms with Crippen molar-refractivity contribution in [3.05, 3.63) is 84.2 Å². The van der Waals surface area contributed by atoms with Crippen molar-refractivity contribution in [2.75, 3.05) is 0 Å². The molecule has 0 bridgehead atoms. The summed E-state index contributed by atoms with van der Waals surface area (Å²) in [7, 11) is 0. The van der Waals surface area contributed by atoms with Gasteiger partial charge < -0.3 is 4.98 Å². The SMILES string of the molecule is CC1CCc2ccc3c(ccc4ccccc43)c2C1.c1cc[nH]c1. The molecule has 4 aromatic rings. The number of fused-ring (bicyclic) bond motifs is 5. The summed E-state index contributed by atoms with van der Waals surface area (Å²) in [6.07, 6.45) is 7.58. The Morgan fingerprint density at radius 2 is 1.58 bits per heavy atom. The van der Waals surface area contributed by atoms with Crippen LogP contribution >= 0.6 is 0 Å². The molecule has 0 aliphatic heterocycles. The Kier molecular flexibility index (Phi) is 4.08. The lowest BCUT2D eigenvalue weighted by Crippen LogP contribution is -2.11. The van der Waals surface area contributed by atoms with Gasteiger partial charge >= 0.3 is 0 Å². The molecule has 0 amide bonds. The Balaban J connectivity index is 0.000000252. The molecule has 1 aromatic heterocycles. The number of aryl methyl sites for hydroxylation is 1. The number of rotatable bonds is 0. The van der Waals surface area contributed by atoms with Crippen LogP contribution in [0.1, 0.15) is 24.5 Å². The zero-order valence-corrected chi connectivity index (χ0v) is 14.1. The highest BCUT2D eigenvalue weighted by molar-refractivity contribution is 6.08. The van der Waals surface area contributed by atoms with Gasteiger partial charge in [-0.25, -0.2) is 0 Å². The number of nitrogens with one attached hydrogen (secondary N) is 1. The summed E-state index contributed by atoms with van der Waals surface area (Å²) >= 11 is 0. The molecule has 1 aliphatic rings. The average molecular weight is 313 g/mol. The van der Waals surface area contributed by atoms with E-state index in [-0.39, 0.29) is 0 Å². The molecule has 1 aliphatic carbocycles. The van der Waals surface area contributed by atoms with Gasteiger partial charge in [-0.3, -0.25) is 0 Å². The summed E-state index contributed by atoms with van der Waals surface area (Å²) in [6, 6.07) is 21.9. The van der Waals surface area contributed by atoms with Crippen molar-refractivity contribution in [1.82, 2.24) is 4.98 Å². The monoisotopic (exact) mass is 313 g/mol. The van der Waals surface area contributed by atoms with Crippen LogP contribution < -0.4 is 0 Å². The number of benzene rings is 3. The lowest BCUT2D eigenvalue weighted by atomic mass is 9.82. The van der Waals surface area contributed by atoms with E-state index in [1.54, 1.807) is 11.1 Å². The van der Waals surface area contributed by atoms with E-state index >= 15 is 0 Å². The predicted octanol–water partition coefficient (Wildman–Crippen LogP) is 6.13. The van der Waals surface area contributed by atoms with E-state index in [1.807, 2.05) is 24.5 Å². The third-order valence-corrected chi connectivity index (χ3v) is 5.09. The molecule has 3 aromatic carbocycles. The summed E-state index contributed by atoms with van der Waals surface area (Å²) in [5, 5.41) is 5.63. The number of H-pyrrole nitrogens is 1. The molecule has 0 saturated carbocycles. The van der Waals surface area contributed by atoms with Crippen LogP contribution in [0, 0.1) is 5.92 Å². The van der Waals surface area contributed by atoms with Crippen molar-refractivity contribution in [1.29, 1.82) is 0 Å². The first-order chi connectivity index (χ1) is 11.8. The maximum absolute atomic E-state index is 2.86. The maximum Gasteiger partial charge on any atom is 0.000496 e. The van der Waals surface area contributed by atoms with Gasteiger partial charge in [0.15, 0.2) is 0 Å². The smallest absolute Gasteiger partial charge is 0.000496 e. The Bertz CT molecular complexity index is 933. The van der Waals surface area contributed by atoms with Gasteiger partial charge in [-0.05, 0) is 70.0 Å². The van der Waals surface area contributed by atoms with Gasteiger partial charge in [0.1, 0.15) is 0 Å². The zero-order valence-electron chi connectivity index (χ0n) is 14.1. The second-order valence-electron chi connectivity index (χ2n) is 6.82. The zero-order chi connectivity index (χ0) is 16.4. The van der Waals surface area contributed by atoms with Gasteiger partial charge in [-0.2, -0.15) is 0 Å². The molecule has 1 heteroatoms. The lowest BCUT2D eigenvalue weighted by Gasteiger charge is -2.23. The van der Waals surface area contributed by atoms with Crippen molar-refractivity contribution in [3.8, 4) is 0 Å². The van der Waals surface area contributed by atoms with E-state index < -0.39 is 0 Å². The van der Waals surface area contributed by atoms with Crippen molar-refractivity contribution in [2.24, 2.45) is 5.92 Å². The topological polar surface area (TPSA) is 15.8 Å². The molecule has 1 heterocycles. The molecule has 0 radical (unpaired) electrons. The van der Waals surface area contributed by atoms with Crippen molar-refractivity contribution < 1.29 is 0 Å². The molecule has 1 atom stereocenters. The fourth-order valence-corrected chi connectivity index (χ4v) is 3.80. The van der Waals surface area contributed by atoms with Crippen LogP contribution in [0.2, 0.25) is 0 Å². The third-order valence-electron chi connectivity index (χ3n) is 5.09. The van der Waals surface area contributed by atoms with Crippen LogP contribution in [-0.2, 0) is 12.8 Å². The fraction of sp³-hybridized carbons (Fsp3) is 0.217. The Morgan fingerprint density at radius 3 is 2.38 bits per heavy atom. The maximum atomic E-state index is 2.86. The number of aromatic nitrogens is 1. The largest absolute Gasteiger partial charge is 0.368 e. The summed E-state index contributed by atoms with van der Waals surface area (Å²) in [6.45, 7) is 2.38. The second kappa shape index (κ2) is 6.52. The van der Waals surface area contributed by atoms with Crippen LogP contribution in [0.5, 0.6) is 0 Å². The number of aromatic amines is 1. The fourth-order valence-electron chi connectivity index (χ4n) is 3.80. The number of hydrogen-bond donors (Lipinski definition) is 1. The van der Waals surface area contributed by atoms with Crippen LogP contribution in [0.25, 0.3) is 21.5 Å². The summed E-state index contributed by atoms with van der Waals surface area (Å²) in [5.41, 5.74) is 3.17. The van der Waals surface area contributed by atoms with Crippen LogP contribution in [-0.4, -0.2) is 4.98 Å². The number of hydrogen-bond acceptors (Lipinski definition) is 0. The average Bonchev–Trinajstić information content (AvgIpc) is 3.21. The molecule has 24 heavy (non-hydrogen) atoms. The van der Waals surface area contributed by atoms with Gasteiger partial charge in [0.2, 0.25) is 0 Å². The molecule has 120 valence electrons. The normalized spacial score (nSPS) is 16.5. The van der Waals surface area contributed by atoms with Gasteiger partial charge in [0.25, 0.3) is 0 Å². The molecule has 1 N–H and O–H groups in total. The van der Waals surface area contributed by atoms with Crippen LogP contribution in [0.3, 0.4) is 0 Å². The van der Waals surface area contributed by atoms with Crippen molar-refractivity contribution >= 4 is 21.5 Å². The molecular formula is C23H23N. The van der Waals surface area contributed by atoms with Crippen LogP contribution in [0.4, 0.5) is 0 Å². The first kappa shape index (κ1) is 15.0. The van der Waals surface area contributed by atoms with Gasteiger partial charge in [0.05, 0.1) is 0 Å². The van der Waals surface area contributed by atoms with E-state index in [2.05, 4.69) is 60.4 Å². The van der Waals surface area contributed by atoms with Gasteiger partial charge in [-0.1, -0.05) is 55.5 Å².